The summed E-state index contributed by atoms with van der Waals surface area (Å²) in [5.74, 6) is -0.275. The number of aromatic nitrogens is 3. The van der Waals surface area contributed by atoms with E-state index >= 15 is 0 Å². The third kappa shape index (κ3) is 3.09. The van der Waals surface area contributed by atoms with Crippen molar-refractivity contribution in [2.45, 2.75) is 13.5 Å². The molecule has 0 atom stereocenters. The molecule has 0 radical (unpaired) electrons. The van der Waals surface area contributed by atoms with E-state index in [2.05, 4.69) is 15.0 Å². The topological polar surface area (TPSA) is 54.3 Å². The van der Waals surface area contributed by atoms with Crippen molar-refractivity contribution in [3.8, 4) is 0 Å². The van der Waals surface area contributed by atoms with E-state index in [0.717, 1.165) is 21.9 Å². The lowest BCUT2D eigenvalue weighted by Crippen LogP contribution is -2.48. The van der Waals surface area contributed by atoms with Crippen molar-refractivity contribution in [3.05, 3.63) is 42.0 Å². The molecule has 0 N–H and O–H groups in total. The van der Waals surface area contributed by atoms with E-state index < -0.39 is 0 Å². The minimum Gasteiger partial charge on any atom is -0.345 e. The number of fused-ring (bicyclic) bond motifs is 1. The van der Waals surface area contributed by atoms with Gasteiger partial charge in [-0.25, -0.2) is 9.37 Å². The van der Waals surface area contributed by atoms with Gasteiger partial charge in [-0.2, -0.15) is 5.10 Å². The average molecular weight is 359 g/mol. The first-order valence-corrected chi connectivity index (χ1v) is 9.09. The summed E-state index contributed by atoms with van der Waals surface area (Å²) >= 11 is 1.49. The number of piperazine rings is 1. The summed E-state index contributed by atoms with van der Waals surface area (Å²) in [6.45, 7) is 5.42. The molecule has 25 heavy (non-hydrogen) atoms. The van der Waals surface area contributed by atoms with E-state index in [4.69, 9.17) is 0 Å². The summed E-state index contributed by atoms with van der Waals surface area (Å²) in [4.78, 5) is 21.1. The Kier molecular flexibility index (Phi) is 4.12. The van der Waals surface area contributed by atoms with Crippen molar-refractivity contribution < 1.29 is 9.18 Å². The molecule has 4 rings (SSSR count). The van der Waals surface area contributed by atoms with Gasteiger partial charge >= 0.3 is 0 Å². The maximum Gasteiger partial charge on any atom is 0.274 e. The van der Waals surface area contributed by atoms with Crippen molar-refractivity contribution in [3.63, 3.8) is 0 Å². The first-order chi connectivity index (χ1) is 12.1. The van der Waals surface area contributed by atoms with Crippen LogP contribution in [0.5, 0.6) is 0 Å². The second-order valence-electron chi connectivity index (χ2n) is 5.94. The minimum absolute atomic E-state index is 0.0294. The van der Waals surface area contributed by atoms with Gasteiger partial charge in [0, 0.05) is 38.9 Å². The fraction of sp³-hybridized carbons (Fsp3) is 0.353. The smallest absolute Gasteiger partial charge is 0.274 e. The van der Waals surface area contributed by atoms with Gasteiger partial charge in [0.15, 0.2) is 5.13 Å². The molecule has 0 aliphatic carbocycles. The molecule has 1 fully saturated rings. The maximum atomic E-state index is 13.3. The van der Waals surface area contributed by atoms with E-state index in [-0.39, 0.29) is 11.7 Å². The molecule has 1 aliphatic heterocycles. The quantitative estimate of drug-likeness (QED) is 0.721. The summed E-state index contributed by atoms with van der Waals surface area (Å²) in [6.07, 6.45) is 1.82. The summed E-state index contributed by atoms with van der Waals surface area (Å²) < 4.78 is 15.9. The minimum atomic E-state index is -0.246. The molecule has 1 amide bonds. The number of thiazole rings is 1. The largest absolute Gasteiger partial charge is 0.345 e. The molecular weight excluding hydrogens is 341 g/mol. The van der Waals surface area contributed by atoms with Crippen LogP contribution in [0.25, 0.3) is 10.2 Å². The molecular formula is C17H18FN5OS. The van der Waals surface area contributed by atoms with Crippen molar-refractivity contribution >= 4 is 32.6 Å². The van der Waals surface area contributed by atoms with E-state index in [1.165, 1.54) is 23.5 Å². The fourth-order valence-electron chi connectivity index (χ4n) is 2.94. The molecule has 0 saturated carbocycles. The summed E-state index contributed by atoms with van der Waals surface area (Å²) in [5, 5.41) is 5.16. The maximum absolute atomic E-state index is 13.3. The number of amides is 1. The number of hydrogen-bond donors (Lipinski definition) is 0. The van der Waals surface area contributed by atoms with Gasteiger partial charge in [-0.05, 0) is 31.2 Å². The van der Waals surface area contributed by atoms with Crippen LogP contribution in [-0.4, -0.2) is 51.8 Å². The van der Waals surface area contributed by atoms with Crippen LogP contribution < -0.4 is 4.90 Å². The Hall–Kier alpha value is -2.48. The van der Waals surface area contributed by atoms with E-state index in [9.17, 15) is 9.18 Å². The monoisotopic (exact) mass is 359 g/mol. The van der Waals surface area contributed by atoms with Crippen molar-refractivity contribution in [2.75, 3.05) is 31.1 Å². The molecule has 6 nitrogen and oxygen atoms in total. The number of hydrogen-bond acceptors (Lipinski definition) is 5. The lowest BCUT2D eigenvalue weighted by atomic mass is 10.3. The van der Waals surface area contributed by atoms with Gasteiger partial charge in [-0.15, -0.1) is 0 Å². The molecule has 3 heterocycles. The fourth-order valence-corrected chi connectivity index (χ4v) is 3.98. The highest BCUT2D eigenvalue weighted by atomic mass is 32.1. The van der Waals surface area contributed by atoms with Crippen LogP contribution >= 0.6 is 11.3 Å². The Morgan fingerprint density at radius 1 is 1.24 bits per heavy atom. The lowest BCUT2D eigenvalue weighted by molar-refractivity contribution is 0.0740. The third-order valence-electron chi connectivity index (χ3n) is 4.36. The number of carbonyl (C=O) groups is 1. The molecule has 1 saturated heterocycles. The molecule has 1 aromatic carbocycles. The molecule has 0 spiro atoms. The zero-order valence-corrected chi connectivity index (χ0v) is 14.7. The van der Waals surface area contributed by atoms with Crippen LogP contribution in [-0.2, 0) is 6.54 Å². The molecule has 1 aliphatic rings. The number of aryl methyl sites for hydroxylation is 1. The van der Waals surface area contributed by atoms with Gasteiger partial charge in [-0.3, -0.25) is 9.48 Å². The zero-order chi connectivity index (χ0) is 17.4. The first-order valence-electron chi connectivity index (χ1n) is 8.28. The van der Waals surface area contributed by atoms with Crippen molar-refractivity contribution in [1.82, 2.24) is 19.7 Å². The Morgan fingerprint density at radius 2 is 2.04 bits per heavy atom. The number of carbonyl (C=O) groups excluding carboxylic acids is 1. The molecule has 8 heteroatoms. The van der Waals surface area contributed by atoms with Crippen LogP contribution in [0.15, 0.2) is 30.5 Å². The number of halogens is 1. The van der Waals surface area contributed by atoms with E-state index in [1.807, 2.05) is 18.0 Å². The highest BCUT2D eigenvalue weighted by molar-refractivity contribution is 7.22. The highest BCUT2D eigenvalue weighted by Crippen LogP contribution is 2.30. The Bertz CT molecular complexity index is 913. The van der Waals surface area contributed by atoms with Gasteiger partial charge < -0.3 is 9.80 Å². The predicted octanol–water partition coefficient (Wildman–Crippen LogP) is 2.61. The summed E-state index contributed by atoms with van der Waals surface area (Å²) in [5.41, 5.74) is 1.30. The van der Waals surface area contributed by atoms with E-state index in [1.54, 1.807) is 16.8 Å². The third-order valence-corrected chi connectivity index (χ3v) is 5.44. The van der Waals surface area contributed by atoms with Crippen LogP contribution in [0.1, 0.15) is 17.4 Å². The van der Waals surface area contributed by atoms with Gasteiger partial charge in [0.25, 0.3) is 5.91 Å². The Balaban J connectivity index is 1.44. The van der Waals surface area contributed by atoms with Crippen molar-refractivity contribution in [2.24, 2.45) is 0 Å². The molecule has 0 unspecified atom stereocenters. The predicted molar refractivity (Wildman–Crippen MR) is 95.6 cm³/mol. The lowest BCUT2D eigenvalue weighted by Gasteiger charge is -2.34. The van der Waals surface area contributed by atoms with Gasteiger partial charge in [0.2, 0.25) is 0 Å². The Morgan fingerprint density at radius 3 is 2.76 bits per heavy atom. The van der Waals surface area contributed by atoms with Crippen molar-refractivity contribution in [1.29, 1.82) is 0 Å². The number of anilines is 1. The number of nitrogens with zero attached hydrogens (tertiary/aromatic N) is 5. The molecule has 0 bridgehead atoms. The second-order valence-corrected chi connectivity index (χ2v) is 6.95. The average Bonchev–Trinajstić information content (AvgIpc) is 3.27. The van der Waals surface area contributed by atoms with Crippen LogP contribution in [0.4, 0.5) is 9.52 Å². The van der Waals surface area contributed by atoms with Crippen LogP contribution in [0.2, 0.25) is 0 Å². The summed E-state index contributed by atoms with van der Waals surface area (Å²) in [6, 6.07) is 6.41. The number of rotatable bonds is 3. The molecule has 130 valence electrons. The van der Waals surface area contributed by atoms with E-state index in [0.29, 0.717) is 31.9 Å². The van der Waals surface area contributed by atoms with Gasteiger partial charge in [0.1, 0.15) is 11.5 Å². The van der Waals surface area contributed by atoms with Gasteiger partial charge in [0.05, 0.1) is 10.2 Å². The Labute approximate surface area is 148 Å². The highest BCUT2D eigenvalue weighted by Gasteiger charge is 2.25. The standard InChI is InChI=1S/C17H18FN5OS/c1-2-23-6-5-14(20-23)16(24)21-7-9-22(10-8-21)17-19-13-4-3-12(18)11-15(13)25-17/h3-6,11H,2,7-10H2,1H3. The van der Waals surface area contributed by atoms with Crippen LogP contribution in [0.3, 0.4) is 0 Å². The normalized spacial score (nSPS) is 15.1. The second kappa shape index (κ2) is 6.44. The molecule has 2 aromatic heterocycles. The first kappa shape index (κ1) is 16.0. The number of benzene rings is 1. The summed E-state index contributed by atoms with van der Waals surface area (Å²) in [7, 11) is 0. The zero-order valence-electron chi connectivity index (χ0n) is 13.9. The van der Waals surface area contributed by atoms with Crippen LogP contribution in [0, 0.1) is 5.82 Å². The SMILES string of the molecule is CCn1ccc(C(=O)N2CCN(c3nc4ccc(F)cc4s3)CC2)n1. The molecule has 3 aromatic rings. The van der Waals surface area contributed by atoms with Gasteiger partial charge in [-0.1, -0.05) is 11.3 Å².